The number of nitrogens with one attached hydrogen (secondary N) is 1. The van der Waals surface area contributed by atoms with Gasteiger partial charge in [-0.3, -0.25) is 9.78 Å². The highest BCUT2D eigenvalue weighted by molar-refractivity contribution is 6.06. The van der Waals surface area contributed by atoms with Gasteiger partial charge in [0, 0.05) is 12.3 Å². The molecule has 0 fully saturated rings. The number of carbonyl (C=O) groups excluding carboxylic acids is 1. The minimum absolute atomic E-state index is 0.0412. The molecule has 0 radical (unpaired) electrons. The number of rotatable bonds is 7. The Morgan fingerprint density at radius 3 is 2.62 bits per heavy atom. The molecule has 3 rings (SSSR count). The lowest BCUT2D eigenvalue weighted by molar-refractivity contribution is -0.111. The van der Waals surface area contributed by atoms with Gasteiger partial charge in [0.2, 0.25) is 5.91 Å². The van der Waals surface area contributed by atoms with Crippen LogP contribution in [-0.4, -0.2) is 22.0 Å². The number of carboxylic acids is 1. The highest BCUT2D eigenvalue weighted by Crippen LogP contribution is 2.21. The van der Waals surface area contributed by atoms with Gasteiger partial charge in [-0.15, -0.1) is 0 Å². The van der Waals surface area contributed by atoms with Gasteiger partial charge in [0.15, 0.2) is 0 Å². The van der Waals surface area contributed by atoms with E-state index in [1.807, 2.05) is 43.3 Å². The topological polar surface area (TPSA) is 88.5 Å². The average molecular weight is 388 g/mol. The second-order valence-corrected chi connectivity index (χ2v) is 6.31. The Bertz CT molecular complexity index is 1050. The van der Waals surface area contributed by atoms with E-state index in [0.717, 1.165) is 22.6 Å². The minimum Gasteiger partial charge on any atom is -0.487 e. The van der Waals surface area contributed by atoms with Gasteiger partial charge < -0.3 is 15.2 Å². The predicted octanol–water partition coefficient (Wildman–Crippen LogP) is 4.32. The second kappa shape index (κ2) is 9.32. The van der Waals surface area contributed by atoms with Crippen LogP contribution in [0.2, 0.25) is 0 Å². The molecule has 0 unspecified atom stereocenters. The molecule has 1 aromatic heterocycles. The number of aryl methyl sites for hydroxylation is 1. The summed E-state index contributed by atoms with van der Waals surface area (Å²) in [6.45, 7) is 2.30. The molecule has 29 heavy (non-hydrogen) atoms. The van der Waals surface area contributed by atoms with E-state index in [9.17, 15) is 14.7 Å². The number of hydrogen-bond donors (Lipinski definition) is 2. The third kappa shape index (κ3) is 5.52. The SMILES string of the molecule is Cc1cc(/C=C/C(=O)Nc2ccccc2C(=O)O)ccc1OCc1ccccn1. The molecule has 0 aliphatic carbocycles. The number of ether oxygens (including phenoxy) is 1. The molecule has 0 spiro atoms. The molecule has 0 aliphatic heterocycles. The third-order valence-electron chi connectivity index (χ3n) is 4.14. The molecule has 0 aliphatic rings. The quantitative estimate of drug-likeness (QED) is 0.589. The Morgan fingerprint density at radius 2 is 1.90 bits per heavy atom. The Labute approximate surface area is 168 Å². The Morgan fingerprint density at radius 1 is 1.10 bits per heavy atom. The molecular formula is C23H20N2O4. The molecule has 0 bridgehead atoms. The normalized spacial score (nSPS) is 10.7. The van der Waals surface area contributed by atoms with Gasteiger partial charge in [-0.05, 0) is 60.5 Å². The van der Waals surface area contributed by atoms with Crippen LogP contribution >= 0.6 is 0 Å². The number of carbonyl (C=O) groups is 2. The summed E-state index contributed by atoms with van der Waals surface area (Å²) in [5.41, 5.74) is 2.90. The van der Waals surface area contributed by atoms with E-state index in [2.05, 4.69) is 10.3 Å². The van der Waals surface area contributed by atoms with Crippen LogP contribution in [-0.2, 0) is 11.4 Å². The molecule has 0 saturated heterocycles. The van der Waals surface area contributed by atoms with E-state index < -0.39 is 11.9 Å². The number of aromatic carboxylic acids is 1. The second-order valence-electron chi connectivity index (χ2n) is 6.31. The van der Waals surface area contributed by atoms with Crippen molar-refractivity contribution in [1.29, 1.82) is 0 Å². The molecule has 146 valence electrons. The first-order valence-electron chi connectivity index (χ1n) is 8.97. The van der Waals surface area contributed by atoms with Gasteiger partial charge in [0.1, 0.15) is 12.4 Å². The molecule has 2 aromatic carbocycles. The van der Waals surface area contributed by atoms with E-state index in [1.165, 1.54) is 12.1 Å². The fraction of sp³-hybridized carbons (Fsp3) is 0.0870. The van der Waals surface area contributed by atoms with Crippen molar-refractivity contribution in [3.8, 4) is 5.75 Å². The fourth-order valence-corrected chi connectivity index (χ4v) is 2.70. The molecule has 0 atom stereocenters. The van der Waals surface area contributed by atoms with Crippen LogP contribution in [0.4, 0.5) is 5.69 Å². The number of carboxylic acid groups (broad SMARTS) is 1. The summed E-state index contributed by atoms with van der Waals surface area (Å²) in [4.78, 5) is 27.6. The predicted molar refractivity (Wildman–Crippen MR) is 111 cm³/mol. The number of benzene rings is 2. The third-order valence-corrected chi connectivity index (χ3v) is 4.14. The van der Waals surface area contributed by atoms with Crippen molar-refractivity contribution < 1.29 is 19.4 Å². The Hall–Kier alpha value is -3.93. The van der Waals surface area contributed by atoms with Crippen LogP contribution in [0.3, 0.4) is 0 Å². The number of aromatic nitrogens is 1. The Balaban J connectivity index is 1.63. The summed E-state index contributed by atoms with van der Waals surface area (Å²) >= 11 is 0. The lowest BCUT2D eigenvalue weighted by atomic mass is 10.1. The highest BCUT2D eigenvalue weighted by Gasteiger charge is 2.10. The molecule has 3 aromatic rings. The van der Waals surface area contributed by atoms with Crippen LogP contribution in [0, 0.1) is 6.92 Å². The van der Waals surface area contributed by atoms with Gasteiger partial charge in [0.25, 0.3) is 0 Å². The Kier molecular flexibility index (Phi) is 6.37. The van der Waals surface area contributed by atoms with Gasteiger partial charge in [-0.2, -0.15) is 0 Å². The zero-order chi connectivity index (χ0) is 20.6. The fourth-order valence-electron chi connectivity index (χ4n) is 2.70. The van der Waals surface area contributed by atoms with Gasteiger partial charge >= 0.3 is 5.97 Å². The average Bonchev–Trinajstić information content (AvgIpc) is 2.72. The lowest BCUT2D eigenvalue weighted by Crippen LogP contribution is -2.11. The molecule has 1 amide bonds. The standard InChI is InChI=1S/C23H20N2O4/c1-16-14-17(9-11-21(16)29-15-18-6-4-5-13-24-18)10-12-22(26)25-20-8-3-2-7-19(20)23(27)28/h2-14H,15H2,1H3,(H,25,26)(H,27,28)/b12-10+. The number of nitrogens with zero attached hydrogens (tertiary/aromatic N) is 1. The molecule has 2 N–H and O–H groups in total. The largest absolute Gasteiger partial charge is 0.487 e. The molecule has 6 nitrogen and oxygen atoms in total. The first kappa shape index (κ1) is 19.8. The maximum absolute atomic E-state index is 12.1. The number of amides is 1. The molecule has 0 saturated carbocycles. The first-order chi connectivity index (χ1) is 14.0. The van der Waals surface area contributed by atoms with Crippen molar-refractivity contribution in [2.75, 3.05) is 5.32 Å². The van der Waals surface area contributed by atoms with E-state index in [-0.39, 0.29) is 11.3 Å². The maximum Gasteiger partial charge on any atom is 0.337 e. The van der Waals surface area contributed by atoms with Crippen LogP contribution in [0.15, 0.2) is 72.9 Å². The molecule has 6 heteroatoms. The first-order valence-corrected chi connectivity index (χ1v) is 8.97. The number of hydrogen-bond acceptors (Lipinski definition) is 4. The molecule has 1 heterocycles. The lowest BCUT2D eigenvalue weighted by Gasteiger charge is -2.09. The van der Waals surface area contributed by atoms with Crippen LogP contribution in [0.5, 0.6) is 5.75 Å². The van der Waals surface area contributed by atoms with Crippen LogP contribution in [0.25, 0.3) is 6.08 Å². The van der Waals surface area contributed by atoms with Crippen LogP contribution in [0.1, 0.15) is 27.2 Å². The van der Waals surface area contributed by atoms with E-state index in [4.69, 9.17) is 4.74 Å². The van der Waals surface area contributed by atoms with E-state index in [1.54, 1.807) is 30.5 Å². The summed E-state index contributed by atoms with van der Waals surface area (Å²) in [6, 6.07) is 17.5. The number of anilines is 1. The summed E-state index contributed by atoms with van der Waals surface area (Å²) in [5.74, 6) is -0.763. The summed E-state index contributed by atoms with van der Waals surface area (Å²) in [5, 5.41) is 11.8. The van der Waals surface area contributed by atoms with Crippen molar-refractivity contribution in [3.63, 3.8) is 0 Å². The summed E-state index contributed by atoms with van der Waals surface area (Å²) in [6.07, 6.45) is 4.75. The van der Waals surface area contributed by atoms with Gasteiger partial charge in [-0.1, -0.05) is 24.3 Å². The minimum atomic E-state index is -1.10. The number of pyridine rings is 1. The maximum atomic E-state index is 12.1. The van der Waals surface area contributed by atoms with Crippen LogP contribution < -0.4 is 10.1 Å². The smallest absolute Gasteiger partial charge is 0.337 e. The zero-order valence-electron chi connectivity index (χ0n) is 15.8. The van der Waals surface area contributed by atoms with Crippen molar-refractivity contribution in [3.05, 3.63) is 95.3 Å². The van der Waals surface area contributed by atoms with E-state index >= 15 is 0 Å². The van der Waals surface area contributed by atoms with Crippen molar-refractivity contribution in [2.24, 2.45) is 0 Å². The number of para-hydroxylation sites is 1. The van der Waals surface area contributed by atoms with Gasteiger partial charge in [-0.25, -0.2) is 4.79 Å². The summed E-state index contributed by atoms with van der Waals surface area (Å²) < 4.78 is 5.80. The van der Waals surface area contributed by atoms with Crippen molar-refractivity contribution in [1.82, 2.24) is 4.98 Å². The summed E-state index contributed by atoms with van der Waals surface area (Å²) in [7, 11) is 0. The zero-order valence-corrected chi connectivity index (χ0v) is 15.8. The van der Waals surface area contributed by atoms with E-state index in [0.29, 0.717) is 6.61 Å². The monoisotopic (exact) mass is 388 g/mol. The van der Waals surface area contributed by atoms with Crippen molar-refractivity contribution in [2.45, 2.75) is 13.5 Å². The highest BCUT2D eigenvalue weighted by atomic mass is 16.5. The van der Waals surface area contributed by atoms with Gasteiger partial charge in [0.05, 0.1) is 16.9 Å². The molecular weight excluding hydrogens is 368 g/mol. The van der Waals surface area contributed by atoms with Crippen molar-refractivity contribution >= 4 is 23.6 Å².